The summed E-state index contributed by atoms with van der Waals surface area (Å²) in [6.07, 6.45) is 2.67. The maximum Gasteiger partial charge on any atom is 0.186 e. The zero-order valence-electron chi connectivity index (χ0n) is 14.5. The Morgan fingerprint density at radius 2 is 2.00 bits per heavy atom. The van der Waals surface area contributed by atoms with E-state index in [1.54, 1.807) is 0 Å². The predicted octanol–water partition coefficient (Wildman–Crippen LogP) is 4.17. The van der Waals surface area contributed by atoms with Crippen molar-refractivity contribution < 1.29 is 0 Å². The highest BCUT2D eigenvalue weighted by atomic mass is 32.1. The fourth-order valence-electron chi connectivity index (χ4n) is 2.57. The van der Waals surface area contributed by atoms with E-state index in [0.717, 1.165) is 25.7 Å². The Labute approximate surface area is 134 Å². The number of aromatic nitrogens is 1. The highest BCUT2D eigenvalue weighted by molar-refractivity contribution is 7.15. The van der Waals surface area contributed by atoms with Crippen LogP contribution in [0, 0.1) is 5.92 Å². The largest absolute Gasteiger partial charge is 0.345 e. The number of rotatable bonds is 7. The molecule has 0 atom stereocenters. The quantitative estimate of drug-likeness (QED) is 0.819. The van der Waals surface area contributed by atoms with Crippen molar-refractivity contribution in [3.8, 4) is 0 Å². The smallest absolute Gasteiger partial charge is 0.186 e. The van der Waals surface area contributed by atoms with E-state index in [4.69, 9.17) is 4.98 Å². The molecule has 1 aliphatic carbocycles. The van der Waals surface area contributed by atoms with Crippen LogP contribution in [0.25, 0.3) is 0 Å². The average Bonchev–Trinajstić information content (AvgIpc) is 3.11. The number of nitrogens with one attached hydrogen (secondary N) is 1. The summed E-state index contributed by atoms with van der Waals surface area (Å²) in [6, 6.07) is 0.735. The van der Waals surface area contributed by atoms with Gasteiger partial charge in [-0.25, -0.2) is 4.98 Å². The molecule has 0 spiro atoms. The summed E-state index contributed by atoms with van der Waals surface area (Å²) >= 11 is 1.90. The molecular weight excluding hydrogens is 278 g/mol. The summed E-state index contributed by atoms with van der Waals surface area (Å²) < 4.78 is 0. The van der Waals surface area contributed by atoms with Gasteiger partial charge in [-0.3, -0.25) is 0 Å². The van der Waals surface area contributed by atoms with E-state index in [9.17, 15) is 0 Å². The SMILES string of the molecule is CCNCc1sc(N(CC(C)C)C2CC2)nc1C(C)(C)C. The molecule has 0 saturated heterocycles. The lowest BCUT2D eigenvalue weighted by molar-refractivity contribution is 0.557. The van der Waals surface area contributed by atoms with Crippen LogP contribution in [-0.2, 0) is 12.0 Å². The van der Waals surface area contributed by atoms with Gasteiger partial charge in [0.1, 0.15) is 0 Å². The normalized spacial score (nSPS) is 15.8. The van der Waals surface area contributed by atoms with E-state index in [-0.39, 0.29) is 5.41 Å². The van der Waals surface area contributed by atoms with Crippen molar-refractivity contribution in [3.63, 3.8) is 0 Å². The van der Waals surface area contributed by atoms with Gasteiger partial charge in [-0.15, -0.1) is 11.3 Å². The van der Waals surface area contributed by atoms with E-state index in [2.05, 4.69) is 51.8 Å². The highest BCUT2D eigenvalue weighted by Gasteiger charge is 2.33. The zero-order chi connectivity index (χ0) is 15.6. The Balaban J connectivity index is 2.27. The van der Waals surface area contributed by atoms with Crippen molar-refractivity contribution in [3.05, 3.63) is 10.6 Å². The van der Waals surface area contributed by atoms with Crippen molar-refractivity contribution in [2.24, 2.45) is 5.92 Å². The molecule has 4 heteroatoms. The summed E-state index contributed by atoms with van der Waals surface area (Å²) in [5.41, 5.74) is 1.39. The third-order valence-corrected chi connectivity index (χ3v) is 4.82. The second-order valence-electron chi connectivity index (χ2n) is 7.58. The van der Waals surface area contributed by atoms with Crippen LogP contribution in [0.4, 0.5) is 5.13 Å². The molecule has 1 N–H and O–H groups in total. The molecule has 120 valence electrons. The average molecular weight is 310 g/mol. The molecule has 1 heterocycles. The van der Waals surface area contributed by atoms with Crippen molar-refractivity contribution in [2.75, 3.05) is 18.0 Å². The number of anilines is 1. The Kier molecular flexibility index (Phi) is 5.31. The Bertz CT molecular complexity index is 455. The van der Waals surface area contributed by atoms with Crippen LogP contribution in [0.15, 0.2) is 0 Å². The van der Waals surface area contributed by atoms with Crippen LogP contribution < -0.4 is 10.2 Å². The molecule has 0 radical (unpaired) electrons. The molecule has 1 fully saturated rings. The molecule has 2 rings (SSSR count). The molecule has 1 saturated carbocycles. The first kappa shape index (κ1) is 16.8. The molecule has 3 nitrogen and oxygen atoms in total. The van der Waals surface area contributed by atoms with Gasteiger partial charge in [-0.2, -0.15) is 0 Å². The highest BCUT2D eigenvalue weighted by Crippen LogP contribution is 2.38. The first-order chi connectivity index (χ1) is 9.82. The molecule has 0 unspecified atom stereocenters. The fraction of sp³-hybridized carbons (Fsp3) is 0.824. The summed E-state index contributed by atoms with van der Waals surface area (Å²) in [4.78, 5) is 9.02. The minimum atomic E-state index is 0.118. The molecule has 0 amide bonds. The second-order valence-corrected chi connectivity index (χ2v) is 8.64. The molecule has 0 bridgehead atoms. The lowest BCUT2D eigenvalue weighted by Crippen LogP contribution is -2.29. The van der Waals surface area contributed by atoms with E-state index in [1.807, 2.05) is 11.3 Å². The predicted molar refractivity (Wildman–Crippen MR) is 93.4 cm³/mol. The topological polar surface area (TPSA) is 28.2 Å². The molecule has 0 aromatic carbocycles. The van der Waals surface area contributed by atoms with Gasteiger partial charge in [0.05, 0.1) is 5.69 Å². The van der Waals surface area contributed by atoms with Crippen LogP contribution in [0.1, 0.15) is 65.0 Å². The lowest BCUT2D eigenvalue weighted by Gasteiger charge is -2.24. The molecule has 1 aromatic rings. The van der Waals surface area contributed by atoms with Crippen LogP contribution in [0.2, 0.25) is 0 Å². The first-order valence-electron chi connectivity index (χ1n) is 8.30. The number of nitrogens with zero attached hydrogens (tertiary/aromatic N) is 2. The molecule has 1 aliphatic rings. The first-order valence-corrected chi connectivity index (χ1v) is 9.12. The zero-order valence-corrected chi connectivity index (χ0v) is 15.3. The maximum absolute atomic E-state index is 5.05. The van der Waals surface area contributed by atoms with Crippen molar-refractivity contribution in [2.45, 2.75) is 72.4 Å². The summed E-state index contributed by atoms with van der Waals surface area (Å²) in [6.45, 7) is 16.6. The van der Waals surface area contributed by atoms with Gasteiger partial charge in [0.25, 0.3) is 0 Å². The summed E-state index contributed by atoms with van der Waals surface area (Å²) in [5.74, 6) is 0.685. The number of hydrogen-bond acceptors (Lipinski definition) is 4. The van der Waals surface area contributed by atoms with E-state index >= 15 is 0 Å². The fourth-order valence-corrected chi connectivity index (χ4v) is 3.89. The van der Waals surface area contributed by atoms with E-state index in [1.165, 1.54) is 28.5 Å². The lowest BCUT2D eigenvalue weighted by atomic mass is 9.91. The standard InChI is InChI=1S/C17H31N3S/c1-7-18-10-14-15(17(4,5)6)19-16(21-14)20(11-12(2)3)13-8-9-13/h12-13,18H,7-11H2,1-6H3. The van der Waals surface area contributed by atoms with Crippen LogP contribution in [-0.4, -0.2) is 24.1 Å². The van der Waals surface area contributed by atoms with Crippen LogP contribution in [0.5, 0.6) is 0 Å². The third kappa shape index (κ3) is 4.43. The van der Waals surface area contributed by atoms with Gasteiger partial charge in [0.2, 0.25) is 0 Å². The molecule has 0 aliphatic heterocycles. The van der Waals surface area contributed by atoms with Crippen LogP contribution >= 0.6 is 11.3 Å². The molecule has 21 heavy (non-hydrogen) atoms. The van der Waals surface area contributed by atoms with E-state index < -0.39 is 0 Å². The van der Waals surface area contributed by atoms with Crippen LogP contribution in [0.3, 0.4) is 0 Å². The van der Waals surface area contributed by atoms with Crippen molar-refractivity contribution in [1.82, 2.24) is 10.3 Å². The molecular formula is C17H31N3S. The number of hydrogen-bond donors (Lipinski definition) is 1. The van der Waals surface area contributed by atoms with Gasteiger partial charge in [-0.1, -0.05) is 41.5 Å². The second kappa shape index (κ2) is 6.66. The minimum Gasteiger partial charge on any atom is -0.345 e. The van der Waals surface area contributed by atoms with Gasteiger partial charge in [0, 0.05) is 29.4 Å². The molecule has 1 aromatic heterocycles. The Hall–Kier alpha value is -0.610. The van der Waals surface area contributed by atoms with Crippen molar-refractivity contribution >= 4 is 16.5 Å². The van der Waals surface area contributed by atoms with E-state index in [0.29, 0.717) is 5.92 Å². The third-order valence-electron chi connectivity index (χ3n) is 3.73. The summed E-state index contributed by atoms with van der Waals surface area (Å²) in [7, 11) is 0. The van der Waals surface area contributed by atoms with Gasteiger partial charge in [0.15, 0.2) is 5.13 Å². The monoisotopic (exact) mass is 309 g/mol. The van der Waals surface area contributed by atoms with Gasteiger partial charge >= 0.3 is 0 Å². The number of thiazole rings is 1. The Morgan fingerprint density at radius 3 is 2.48 bits per heavy atom. The van der Waals surface area contributed by atoms with Gasteiger partial charge in [-0.05, 0) is 25.3 Å². The maximum atomic E-state index is 5.05. The summed E-state index contributed by atoms with van der Waals surface area (Å²) in [5, 5.41) is 4.71. The van der Waals surface area contributed by atoms with Crippen molar-refractivity contribution in [1.29, 1.82) is 0 Å². The Morgan fingerprint density at radius 1 is 1.33 bits per heavy atom. The van der Waals surface area contributed by atoms with Gasteiger partial charge < -0.3 is 10.2 Å². The minimum absolute atomic E-state index is 0.118.